The second-order valence-corrected chi connectivity index (χ2v) is 5.92. The molecule has 1 saturated heterocycles. The molecule has 104 valence electrons. The van der Waals surface area contributed by atoms with Gasteiger partial charge in [0.2, 0.25) is 0 Å². The summed E-state index contributed by atoms with van der Waals surface area (Å²) in [5.74, 6) is -0.747. The van der Waals surface area contributed by atoms with Crippen LogP contribution in [0.15, 0.2) is 22.7 Å². The fourth-order valence-electron chi connectivity index (χ4n) is 2.68. The molecule has 1 fully saturated rings. The van der Waals surface area contributed by atoms with Crippen molar-refractivity contribution < 1.29 is 9.18 Å². The molecule has 0 spiro atoms. The molecule has 2 unspecified atom stereocenters. The summed E-state index contributed by atoms with van der Waals surface area (Å²) < 4.78 is 14.5. The molecule has 1 aromatic rings. The fourth-order valence-corrected chi connectivity index (χ4v) is 3.05. The van der Waals surface area contributed by atoms with E-state index in [-0.39, 0.29) is 23.6 Å². The van der Waals surface area contributed by atoms with Crippen LogP contribution in [0.25, 0.3) is 0 Å². The van der Waals surface area contributed by atoms with Crippen molar-refractivity contribution in [3.05, 3.63) is 34.1 Å². The van der Waals surface area contributed by atoms with Gasteiger partial charge in [-0.25, -0.2) is 4.39 Å². The maximum atomic E-state index is 13.8. The van der Waals surface area contributed by atoms with E-state index in [1.807, 2.05) is 6.92 Å². The van der Waals surface area contributed by atoms with Crippen LogP contribution >= 0.6 is 15.9 Å². The second-order valence-electron chi connectivity index (χ2n) is 5.01. The number of likely N-dealkylation sites (tertiary alicyclic amines) is 1. The molecule has 2 N–H and O–H groups in total. The minimum absolute atomic E-state index is 0.00892. The maximum Gasteiger partial charge on any atom is 0.257 e. The Hall–Kier alpha value is -0.940. The average Bonchev–Trinajstić information content (AvgIpc) is 2.40. The van der Waals surface area contributed by atoms with Gasteiger partial charge in [0.1, 0.15) is 5.82 Å². The lowest BCUT2D eigenvalue weighted by Crippen LogP contribution is -2.52. The monoisotopic (exact) mass is 328 g/mol. The molecule has 0 aliphatic carbocycles. The number of rotatable bonds is 2. The average molecular weight is 329 g/mol. The highest BCUT2D eigenvalue weighted by Crippen LogP contribution is 2.26. The molecule has 2 atom stereocenters. The summed E-state index contributed by atoms with van der Waals surface area (Å²) in [6, 6.07) is 4.55. The van der Waals surface area contributed by atoms with Crippen LogP contribution < -0.4 is 5.73 Å². The van der Waals surface area contributed by atoms with Gasteiger partial charge in [-0.2, -0.15) is 0 Å². The highest BCUT2D eigenvalue weighted by Gasteiger charge is 2.32. The largest absolute Gasteiger partial charge is 0.332 e. The zero-order chi connectivity index (χ0) is 14.0. The third kappa shape index (κ3) is 2.98. The molecule has 19 heavy (non-hydrogen) atoms. The summed E-state index contributed by atoms with van der Waals surface area (Å²) in [4.78, 5) is 14.3. The van der Waals surface area contributed by atoms with Crippen molar-refractivity contribution in [2.45, 2.75) is 38.3 Å². The number of hydrogen-bond acceptors (Lipinski definition) is 2. The Kier molecular flexibility index (Phi) is 4.58. The first-order chi connectivity index (χ1) is 9.04. The Morgan fingerprint density at radius 3 is 2.95 bits per heavy atom. The third-order valence-corrected chi connectivity index (χ3v) is 4.19. The molecular weight excluding hydrogens is 311 g/mol. The predicted octanol–water partition coefficient (Wildman–Crippen LogP) is 2.93. The summed E-state index contributed by atoms with van der Waals surface area (Å²) in [6.45, 7) is 2.42. The number of halogens is 2. The van der Waals surface area contributed by atoms with Gasteiger partial charge in [0.15, 0.2) is 0 Å². The number of nitrogens with two attached hydrogens (primary N) is 1. The molecule has 1 aliphatic rings. The van der Waals surface area contributed by atoms with Gasteiger partial charge in [-0.15, -0.1) is 0 Å². The topological polar surface area (TPSA) is 46.3 Å². The van der Waals surface area contributed by atoms with Crippen molar-refractivity contribution in [3.63, 3.8) is 0 Å². The first-order valence-corrected chi connectivity index (χ1v) is 7.31. The Labute approximate surface area is 121 Å². The van der Waals surface area contributed by atoms with E-state index in [0.29, 0.717) is 11.0 Å². The van der Waals surface area contributed by atoms with Gasteiger partial charge in [-0.05, 0) is 44.4 Å². The first-order valence-electron chi connectivity index (χ1n) is 6.52. The van der Waals surface area contributed by atoms with Gasteiger partial charge in [-0.3, -0.25) is 4.79 Å². The SMILES string of the molecule is CC1CCCC(CN)N1C(=O)c1cc(Br)ccc1F. The first kappa shape index (κ1) is 14.5. The quantitative estimate of drug-likeness (QED) is 0.907. The Balaban J connectivity index is 2.33. The molecule has 0 bridgehead atoms. The Bertz CT molecular complexity index is 481. The minimum Gasteiger partial charge on any atom is -0.332 e. The number of carbonyl (C=O) groups is 1. The molecular formula is C14H18BrFN2O. The highest BCUT2D eigenvalue weighted by molar-refractivity contribution is 9.10. The van der Waals surface area contributed by atoms with Gasteiger partial charge in [0.05, 0.1) is 5.56 Å². The normalized spacial score (nSPS) is 23.5. The molecule has 1 heterocycles. The summed E-state index contributed by atoms with van der Waals surface area (Å²) in [7, 11) is 0. The van der Waals surface area contributed by atoms with Crippen LogP contribution in [0, 0.1) is 5.82 Å². The Morgan fingerprint density at radius 2 is 2.26 bits per heavy atom. The number of piperidine rings is 1. The lowest BCUT2D eigenvalue weighted by molar-refractivity contribution is 0.0489. The molecule has 0 aromatic heterocycles. The molecule has 5 heteroatoms. The number of amides is 1. The van der Waals surface area contributed by atoms with Gasteiger partial charge in [-0.1, -0.05) is 15.9 Å². The van der Waals surface area contributed by atoms with Gasteiger partial charge in [0, 0.05) is 23.1 Å². The minimum atomic E-state index is -0.484. The lowest BCUT2D eigenvalue weighted by atomic mass is 9.95. The summed E-state index contributed by atoms with van der Waals surface area (Å²) in [5, 5.41) is 0. The van der Waals surface area contributed by atoms with Crippen molar-refractivity contribution in [1.29, 1.82) is 0 Å². The molecule has 1 aromatic carbocycles. The van der Waals surface area contributed by atoms with Crippen LogP contribution in [-0.4, -0.2) is 29.4 Å². The lowest BCUT2D eigenvalue weighted by Gasteiger charge is -2.40. The summed E-state index contributed by atoms with van der Waals surface area (Å²) in [6.07, 6.45) is 2.90. The van der Waals surface area contributed by atoms with Gasteiger partial charge in [0.25, 0.3) is 5.91 Å². The maximum absolute atomic E-state index is 13.8. The molecule has 0 radical (unpaired) electrons. The van der Waals surface area contributed by atoms with E-state index in [9.17, 15) is 9.18 Å². The van der Waals surface area contributed by atoms with E-state index in [1.165, 1.54) is 12.1 Å². The molecule has 3 nitrogen and oxygen atoms in total. The highest BCUT2D eigenvalue weighted by atomic mass is 79.9. The van der Waals surface area contributed by atoms with Crippen LogP contribution in [0.2, 0.25) is 0 Å². The van der Waals surface area contributed by atoms with E-state index in [1.54, 1.807) is 11.0 Å². The number of nitrogens with zero attached hydrogens (tertiary/aromatic N) is 1. The zero-order valence-electron chi connectivity index (χ0n) is 10.9. The van der Waals surface area contributed by atoms with E-state index in [0.717, 1.165) is 19.3 Å². The van der Waals surface area contributed by atoms with E-state index >= 15 is 0 Å². The van der Waals surface area contributed by atoms with Crippen molar-refractivity contribution in [2.24, 2.45) is 5.73 Å². The van der Waals surface area contributed by atoms with Crippen LogP contribution in [0.3, 0.4) is 0 Å². The van der Waals surface area contributed by atoms with Crippen molar-refractivity contribution in [3.8, 4) is 0 Å². The molecule has 1 aliphatic heterocycles. The Morgan fingerprint density at radius 1 is 1.53 bits per heavy atom. The fraction of sp³-hybridized carbons (Fsp3) is 0.500. The number of benzene rings is 1. The predicted molar refractivity (Wildman–Crippen MR) is 76.4 cm³/mol. The van der Waals surface area contributed by atoms with E-state index in [2.05, 4.69) is 15.9 Å². The standard InChI is InChI=1S/C14H18BrFN2O/c1-9-3-2-4-11(8-17)18(9)14(19)12-7-10(15)5-6-13(12)16/h5-7,9,11H,2-4,8,17H2,1H3. The van der Waals surface area contributed by atoms with Gasteiger partial charge >= 0.3 is 0 Å². The smallest absolute Gasteiger partial charge is 0.257 e. The van der Waals surface area contributed by atoms with Crippen LogP contribution in [0.4, 0.5) is 4.39 Å². The van der Waals surface area contributed by atoms with Crippen molar-refractivity contribution >= 4 is 21.8 Å². The van der Waals surface area contributed by atoms with Gasteiger partial charge < -0.3 is 10.6 Å². The molecule has 0 saturated carbocycles. The van der Waals surface area contributed by atoms with Crippen molar-refractivity contribution in [2.75, 3.05) is 6.54 Å². The third-order valence-electron chi connectivity index (χ3n) is 3.69. The summed E-state index contributed by atoms with van der Waals surface area (Å²) in [5.41, 5.74) is 5.86. The summed E-state index contributed by atoms with van der Waals surface area (Å²) >= 11 is 3.27. The van der Waals surface area contributed by atoms with Crippen LogP contribution in [0.5, 0.6) is 0 Å². The van der Waals surface area contributed by atoms with E-state index < -0.39 is 5.82 Å². The van der Waals surface area contributed by atoms with Crippen LogP contribution in [0.1, 0.15) is 36.5 Å². The molecule has 1 amide bonds. The number of hydrogen-bond donors (Lipinski definition) is 1. The van der Waals surface area contributed by atoms with Crippen molar-refractivity contribution in [1.82, 2.24) is 4.90 Å². The van der Waals surface area contributed by atoms with E-state index in [4.69, 9.17) is 5.73 Å². The molecule has 2 rings (SSSR count). The second kappa shape index (κ2) is 6.01. The zero-order valence-corrected chi connectivity index (χ0v) is 12.5. The van der Waals surface area contributed by atoms with Crippen LogP contribution in [-0.2, 0) is 0 Å². The number of carbonyl (C=O) groups excluding carboxylic acids is 1.